The van der Waals surface area contributed by atoms with E-state index in [1.165, 1.54) is 0 Å². The summed E-state index contributed by atoms with van der Waals surface area (Å²) in [5.41, 5.74) is 0.0347. The minimum Gasteiger partial charge on any atom is -0.383 e. The molecule has 0 bridgehead atoms. The second-order valence-corrected chi connectivity index (χ2v) is 5.69. The molecule has 1 rings (SSSR count). The Balaban J connectivity index is 2.37. The maximum Gasteiger partial charge on any atom is 0.236 e. The van der Waals surface area contributed by atoms with Gasteiger partial charge < -0.3 is 19.7 Å². The van der Waals surface area contributed by atoms with Crippen LogP contribution in [0, 0.1) is 5.41 Å². The fourth-order valence-corrected chi connectivity index (χ4v) is 2.67. The van der Waals surface area contributed by atoms with E-state index in [-0.39, 0.29) is 23.5 Å². The van der Waals surface area contributed by atoms with Gasteiger partial charge in [-0.05, 0) is 13.3 Å². The van der Waals surface area contributed by atoms with E-state index in [4.69, 9.17) is 9.47 Å². The van der Waals surface area contributed by atoms with Gasteiger partial charge in [-0.1, -0.05) is 13.8 Å². The summed E-state index contributed by atoms with van der Waals surface area (Å²) < 4.78 is 10.6. The highest BCUT2D eigenvalue weighted by molar-refractivity contribution is 5.78. The summed E-state index contributed by atoms with van der Waals surface area (Å²) in [6, 6.07) is 0.265. The molecular formula is C14H28N2O3. The van der Waals surface area contributed by atoms with Crippen LogP contribution < -0.4 is 5.32 Å². The van der Waals surface area contributed by atoms with Gasteiger partial charge in [-0.15, -0.1) is 0 Å². The van der Waals surface area contributed by atoms with Gasteiger partial charge in [-0.25, -0.2) is 0 Å². The van der Waals surface area contributed by atoms with Crippen LogP contribution in [0.1, 0.15) is 27.2 Å². The highest BCUT2D eigenvalue weighted by atomic mass is 16.5. The number of ether oxygens (including phenoxy) is 2. The van der Waals surface area contributed by atoms with Crippen molar-refractivity contribution < 1.29 is 14.3 Å². The van der Waals surface area contributed by atoms with E-state index in [2.05, 4.69) is 19.2 Å². The summed E-state index contributed by atoms with van der Waals surface area (Å²) in [6.07, 6.45) is 1.19. The van der Waals surface area contributed by atoms with Gasteiger partial charge in [0.1, 0.15) is 0 Å². The smallest absolute Gasteiger partial charge is 0.236 e. The zero-order valence-electron chi connectivity index (χ0n) is 12.9. The summed E-state index contributed by atoms with van der Waals surface area (Å²) in [7, 11) is 3.54. The van der Waals surface area contributed by atoms with Crippen molar-refractivity contribution in [3.05, 3.63) is 0 Å². The monoisotopic (exact) mass is 272 g/mol. The average Bonchev–Trinajstić information content (AvgIpc) is 2.38. The van der Waals surface area contributed by atoms with Gasteiger partial charge in [0, 0.05) is 38.8 Å². The molecule has 2 atom stereocenters. The Morgan fingerprint density at radius 1 is 1.47 bits per heavy atom. The third kappa shape index (κ3) is 3.91. The molecule has 2 unspecified atom stereocenters. The molecule has 112 valence electrons. The van der Waals surface area contributed by atoms with Crippen LogP contribution in [0.4, 0.5) is 0 Å². The van der Waals surface area contributed by atoms with E-state index in [9.17, 15) is 4.79 Å². The van der Waals surface area contributed by atoms with Crippen LogP contribution >= 0.6 is 0 Å². The van der Waals surface area contributed by atoms with Crippen molar-refractivity contribution >= 4 is 5.91 Å². The van der Waals surface area contributed by atoms with E-state index >= 15 is 0 Å². The summed E-state index contributed by atoms with van der Waals surface area (Å²) in [5.74, 6) is 0.129. The lowest BCUT2D eigenvalue weighted by Gasteiger charge is -2.54. The van der Waals surface area contributed by atoms with Gasteiger partial charge in [0.15, 0.2) is 0 Å². The van der Waals surface area contributed by atoms with Crippen LogP contribution in [0.5, 0.6) is 0 Å². The number of methoxy groups -OCH3 is 1. The molecule has 5 heteroatoms. The Morgan fingerprint density at radius 3 is 2.68 bits per heavy atom. The first-order valence-corrected chi connectivity index (χ1v) is 7.02. The lowest BCUT2D eigenvalue weighted by Crippen LogP contribution is -2.63. The predicted octanol–water partition coefficient (Wildman–Crippen LogP) is 0.884. The van der Waals surface area contributed by atoms with Gasteiger partial charge in [0.25, 0.3) is 0 Å². The van der Waals surface area contributed by atoms with Gasteiger partial charge in [0.05, 0.1) is 19.3 Å². The van der Waals surface area contributed by atoms with Crippen LogP contribution in [0.25, 0.3) is 0 Å². The molecular weight excluding hydrogens is 244 g/mol. The number of nitrogens with zero attached hydrogens (tertiary/aromatic N) is 1. The Bertz CT molecular complexity index is 294. The highest BCUT2D eigenvalue weighted by Crippen LogP contribution is 2.45. The van der Waals surface area contributed by atoms with Crippen molar-refractivity contribution in [3.8, 4) is 0 Å². The molecule has 5 nitrogen and oxygen atoms in total. The topological polar surface area (TPSA) is 50.8 Å². The zero-order chi connectivity index (χ0) is 14.5. The van der Waals surface area contributed by atoms with E-state index in [0.717, 1.165) is 13.0 Å². The number of carbonyl (C=O) groups is 1. The molecule has 1 amide bonds. The molecule has 0 saturated heterocycles. The minimum atomic E-state index is 0.0347. The molecule has 1 aliphatic carbocycles. The first-order valence-electron chi connectivity index (χ1n) is 7.02. The standard InChI is InChI=1S/C14H28N2O3/c1-6-19-12-9-11(14(12,2)3)16(4)13(17)10-15-7-8-18-5/h11-12,15H,6-10H2,1-5H3. The molecule has 1 N–H and O–H groups in total. The second-order valence-electron chi connectivity index (χ2n) is 5.69. The average molecular weight is 272 g/mol. The summed E-state index contributed by atoms with van der Waals surface area (Å²) in [4.78, 5) is 13.9. The molecule has 0 aromatic heterocycles. The molecule has 1 saturated carbocycles. The molecule has 19 heavy (non-hydrogen) atoms. The Kier molecular flexibility index (Phi) is 6.23. The van der Waals surface area contributed by atoms with Crippen molar-refractivity contribution in [1.29, 1.82) is 0 Å². The molecule has 0 spiro atoms. The van der Waals surface area contributed by atoms with E-state index in [1.807, 2.05) is 18.9 Å². The molecule has 1 fully saturated rings. The number of rotatable bonds is 8. The quantitative estimate of drug-likeness (QED) is 0.667. The zero-order valence-corrected chi connectivity index (χ0v) is 12.9. The number of likely N-dealkylation sites (N-methyl/N-ethyl adjacent to an activating group) is 1. The van der Waals surface area contributed by atoms with Crippen LogP contribution in [0.15, 0.2) is 0 Å². The lowest BCUT2D eigenvalue weighted by atomic mass is 9.64. The van der Waals surface area contributed by atoms with Crippen LogP contribution in [-0.4, -0.2) is 63.4 Å². The number of hydrogen-bond donors (Lipinski definition) is 1. The summed E-state index contributed by atoms with van der Waals surface area (Å²) >= 11 is 0. The summed E-state index contributed by atoms with van der Waals surface area (Å²) in [6.45, 7) is 8.78. The molecule has 0 heterocycles. The van der Waals surface area contributed by atoms with Crippen molar-refractivity contribution in [2.45, 2.75) is 39.3 Å². The SMILES string of the molecule is CCOC1CC(N(C)C(=O)CNCCOC)C1(C)C. The highest BCUT2D eigenvalue weighted by Gasteiger charge is 2.51. The number of carbonyl (C=O) groups excluding carboxylic acids is 1. The normalized spacial score (nSPS) is 24.9. The van der Waals surface area contributed by atoms with Crippen LogP contribution in [0.3, 0.4) is 0 Å². The molecule has 0 aliphatic heterocycles. The number of amides is 1. The second kappa shape index (κ2) is 7.22. The lowest BCUT2D eigenvalue weighted by molar-refractivity contribution is -0.162. The summed E-state index contributed by atoms with van der Waals surface area (Å²) in [5, 5.41) is 3.09. The van der Waals surface area contributed by atoms with Crippen molar-refractivity contribution in [3.63, 3.8) is 0 Å². The van der Waals surface area contributed by atoms with Crippen LogP contribution in [-0.2, 0) is 14.3 Å². The third-order valence-electron chi connectivity index (χ3n) is 4.11. The number of hydrogen-bond acceptors (Lipinski definition) is 4. The maximum absolute atomic E-state index is 12.1. The van der Waals surface area contributed by atoms with E-state index < -0.39 is 0 Å². The maximum atomic E-state index is 12.1. The van der Waals surface area contributed by atoms with Crippen molar-refractivity contribution in [2.75, 3.05) is 40.5 Å². The third-order valence-corrected chi connectivity index (χ3v) is 4.11. The first kappa shape index (κ1) is 16.4. The minimum absolute atomic E-state index is 0.0347. The Hall–Kier alpha value is -0.650. The fraction of sp³-hybridized carbons (Fsp3) is 0.929. The largest absolute Gasteiger partial charge is 0.383 e. The molecule has 0 aromatic rings. The van der Waals surface area contributed by atoms with Gasteiger partial charge in [-0.3, -0.25) is 4.79 Å². The van der Waals surface area contributed by atoms with Gasteiger partial charge >= 0.3 is 0 Å². The molecule has 1 aliphatic rings. The van der Waals surface area contributed by atoms with Gasteiger partial charge in [0.2, 0.25) is 5.91 Å². The number of nitrogens with one attached hydrogen (secondary N) is 1. The van der Waals surface area contributed by atoms with Crippen molar-refractivity contribution in [2.24, 2.45) is 5.41 Å². The van der Waals surface area contributed by atoms with Crippen LogP contribution in [0.2, 0.25) is 0 Å². The van der Waals surface area contributed by atoms with Gasteiger partial charge in [-0.2, -0.15) is 0 Å². The Labute approximate surface area is 116 Å². The first-order chi connectivity index (χ1) is 8.95. The Morgan fingerprint density at radius 2 is 2.16 bits per heavy atom. The predicted molar refractivity (Wildman–Crippen MR) is 75.1 cm³/mol. The molecule has 0 radical (unpaired) electrons. The van der Waals surface area contributed by atoms with E-state index in [1.54, 1.807) is 7.11 Å². The van der Waals surface area contributed by atoms with E-state index in [0.29, 0.717) is 19.7 Å². The van der Waals surface area contributed by atoms with Crippen molar-refractivity contribution in [1.82, 2.24) is 10.2 Å². The fourth-order valence-electron chi connectivity index (χ4n) is 2.67. The molecule has 0 aromatic carbocycles.